The summed E-state index contributed by atoms with van der Waals surface area (Å²) in [5.74, 6) is -1.29. The SMILES string of the molecule is O=C(CSc1ccc(C(=O)O)cc1)NCC1CN(Cc2ccc(F)c(Cl)c2)CCO1. The molecule has 3 rings (SSSR count). The molecule has 9 heteroatoms. The Kier molecular flexibility index (Phi) is 8.09. The summed E-state index contributed by atoms with van der Waals surface area (Å²) in [6.07, 6.45) is -0.126. The summed E-state index contributed by atoms with van der Waals surface area (Å²) in [4.78, 5) is 26.0. The van der Waals surface area contributed by atoms with E-state index in [0.29, 0.717) is 26.2 Å². The third kappa shape index (κ3) is 6.70. The second kappa shape index (κ2) is 10.8. The number of carbonyl (C=O) groups excluding carboxylic acids is 1. The Labute approximate surface area is 183 Å². The number of amides is 1. The molecule has 30 heavy (non-hydrogen) atoms. The summed E-state index contributed by atoms with van der Waals surface area (Å²) in [6, 6.07) is 11.1. The van der Waals surface area contributed by atoms with Crippen molar-refractivity contribution in [2.75, 3.05) is 32.0 Å². The molecule has 1 heterocycles. The zero-order chi connectivity index (χ0) is 21.5. The van der Waals surface area contributed by atoms with Crippen LogP contribution >= 0.6 is 23.4 Å². The van der Waals surface area contributed by atoms with Crippen molar-refractivity contribution in [3.05, 3.63) is 64.4 Å². The summed E-state index contributed by atoms with van der Waals surface area (Å²) in [6.45, 7) is 2.99. The van der Waals surface area contributed by atoms with E-state index in [1.54, 1.807) is 24.3 Å². The normalized spacial score (nSPS) is 16.9. The highest BCUT2D eigenvalue weighted by Gasteiger charge is 2.21. The molecule has 1 amide bonds. The maximum Gasteiger partial charge on any atom is 0.335 e. The van der Waals surface area contributed by atoms with Crippen molar-refractivity contribution in [2.45, 2.75) is 17.5 Å². The van der Waals surface area contributed by atoms with E-state index < -0.39 is 11.8 Å². The minimum Gasteiger partial charge on any atom is -0.478 e. The first kappa shape index (κ1) is 22.6. The van der Waals surface area contributed by atoms with Crippen LogP contribution in [0.15, 0.2) is 47.4 Å². The van der Waals surface area contributed by atoms with E-state index in [2.05, 4.69) is 10.2 Å². The summed E-state index contributed by atoms with van der Waals surface area (Å²) < 4.78 is 19.0. The lowest BCUT2D eigenvalue weighted by molar-refractivity contribution is -0.119. The van der Waals surface area contributed by atoms with Gasteiger partial charge in [-0.1, -0.05) is 17.7 Å². The standard InChI is InChI=1S/C21H22ClFN2O4S/c22-18-9-14(1-6-19(18)23)11-25-7-8-29-16(12-25)10-24-20(26)13-30-17-4-2-15(3-5-17)21(27)28/h1-6,9,16H,7-8,10-13H2,(H,24,26)(H,27,28). The van der Waals surface area contributed by atoms with Gasteiger partial charge < -0.3 is 15.2 Å². The highest BCUT2D eigenvalue weighted by atomic mass is 35.5. The van der Waals surface area contributed by atoms with E-state index in [1.165, 1.54) is 30.0 Å². The Morgan fingerprint density at radius 1 is 1.27 bits per heavy atom. The first-order valence-electron chi connectivity index (χ1n) is 9.41. The van der Waals surface area contributed by atoms with Crippen molar-refractivity contribution in [2.24, 2.45) is 0 Å². The second-order valence-corrected chi connectivity index (χ2v) is 8.35. The van der Waals surface area contributed by atoms with E-state index >= 15 is 0 Å². The van der Waals surface area contributed by atoms with Crippen molar-refractivity contribution in [3.8, 4) is 0 Å². The van der Waals surface area contributed by atoms with Crippen LogP contribution in [0.4, 0.5) is 4.39 Å². The first-order valence-corrected chi connectivity index (χ1v) is 10.8. The number of rotatable bonds is 8. The summed E-state index contributed by atoms with van der Waals surface area (Å²) >= 11 is 7.19. The Hall–Kier alpha value is -2.13. The Balaban J connectivity index is 1.40. The number of morpholine rings is 1. The molecule has 2 N–H and O–H groups in total. The molecule has 0 saturated carbocycles. The number of hydrogen-bond donors (Lipinski definition) is 2. The van der Waals surface area contributed by atoms with Gasteiger partial charge in [0, 0.05) is 31.1 Å². The van der Waals surface area contributed by atoms with Gasteiger partial charge in [0.1, 0.15) is 5.82 Å². The van der Waals surface area contributed by atoms with Crippen LogP contribution in [-0.2, 0) is 16.1 Å². The monoisotopic (exact) mass is 452 g/mol. The van der Waals surface area contributed by atoms with Crippen LogP contribution in [0.25, 0.3) is 0 Å². The van der Waals surface area contributed by atoms with Crippen LogP contribution in [0.3, 0.4) is 0 Å². The van der Waals surface area contributed by atoms with Gasteiger partial charge >= 0.3 is 5.97 Å². The van der Waals surface area contributed by atoms with Gasteiger partial charge in [0.25, 0.3) is 0 Å². The highest BCUT2D eigenvalue weighted by molar-refractivity contribution is 8.00. The van der Waals surface area contributed by atoms with Crippen LogP contribution in [0, 0.1) is 5.82 Å². The van der Waals surface area contributed by atoms with Gasteiger partial charge in [-0.3, -0.25) is 9.69 Å². The summed E-state index contributed by atoms with van der Waals surface area (Å²) in [5.41, 5.74) is 1.14. The first-order chi connectivity index (χ1) is 14.4. The van der Waals surface area contributed by atoms with Gasteiger partial charge in [0.05, 0.1) is 29.0 Å². The number of nitrogens with zero attached hydrogens (tertiary/aromatic N) is 1. The molecular formula is C21H22ClFN2O4S. The number of nitrogens with one attached hydrogen (secondary N) is 1. The third-order valence-corrected chi connectivity index (χ3v) is 5.91. The van der Waals surface area contributed by atoms with Crippen LogP contribution in [0.5, 0.6) is 0 Å². The largest absolute Gasteiger partial charge is 0.478 e. The molecule has 1 aliphatic rings. The minimum atomic E-state index is -0.978. The maximum absolute atomic E-state index is 13.3. The molecule has 1 atom stereocenters. The quantitative estimate of drug-likeness (QED) is 0.598. The molecule has 0 aromatic heterocycles. The third-order valence-electron chi connectivity index (χ3n) is 4.61. The molecule has 1 fully saturated rings. The fraction of sp³-hybridized carbons (Fsp3) is 0.333. The van der Waals surface area contributed by atoms with Gasteiger partial charge in [-0.25, -0.2) is 9.18 Å². The minimum absolute atomic E-state index is 0.111. The zero-order valence-electron chi connectivity index (χ0n) is 16.1. The van der Waals surface area contributed by atoms with Crippen molar-refractivity contribution in [1.82, 2.24) is 10.2 Å². The number of benzene rings is 2. The van der Waals surface area contributed by atoms with Crippen LogP contribution in [-0.4, -0.2) is 60.0 Å². The Bertz CT molecular complexity index is 897. The van der Waals surface area contributed by atoms with E-state index in [9.17, 15) is 14.0 Å². The number of carbonyl (C=O) groups is 2. The van der Waals surface area contributed by atoms with Crippen LogP contribution < -0.4 is 5.32 Å². The molecule has 0 aliphatic carbocycles. The molecule has 2 aromatic carbocycles. The van der Waals surface area contributed by atoms with Gasteiger partial charge in [-0.2, -0.15) is 0 Å². The summed E-state index contributed by atoms with van der Waals surface area (Å²) in [7, 11) is 0. The number of carboxylic acids is 1. The van der Waals surface area contributed by atoms with Gasteiger partial charge in [-0.15, -0.1) is 11.8 Å². The van der Waals surface area contributed by atoms with Gasteiger partial charge in [-0.05, 0) is 42.0 Å². The highest BCUT2D eigenvalue weighted by Crippen LogP contribution is 2.19. The molecular weight excluding hydrogens is 431 g/mol. The number of carboxylic acid groups (broad SMARTS) is 1. The molecule has 1 saturated heterocycles. The lowest BCUT2D eigenvalue weighted by Gasteiger charge is -2.33. The molecule has 160 valence electrons. The predicted molar refractivity (Wildman–Crippen MR) is 114 cm³/mol. The van der Waals surface area contributed by atoms with Crippen LogP contribution in [0.1, 0.15) is 15.9 Å². The number of thioether (sulfide) groups is 1. The fourth-order valence-electron chi connectivity index (χ4n) is 3.07. The molecule has 0 spiro atoms. The lowest BCUT2D eigenvalue weighted by Crippen LogP contribution is -2.47. The van der Waals surface area contributed by atoms with Crippen molar-refractivity contribution in [1.29, 1.82) is 0 Å². The average molecular weight is 453 g/mol. The van der Waals surface area contributed by atoms with Crippen molar-refractivity contribution < 1.29 is 23.8 Å². The van der Waals surface area contributed by atoms with Crippen LogP contribution in [0.2, 0.25) is 5.02 Å². The Morgan fingerprint density at radius 3 is 2.73 bits per heavy atom. The average Bonchev–Trinajstić information content (AvgIpc) is 2.74. The number of aromatic carboxylic acids is 1. The molecule has 1 unspecified atom stereocenters. The topological polar surface area (TPSA) is 78.9 Å². The zero-order valence-corrected chi connectivity index (χ0v) is 17.7. The smallest absolute Gasteiger partial charge is 0.335 e. The van der Waals surface area contributed by atoms with Crippen molar-refractivity contribution >= 4 is 35.2 Å². The Morgan fingerprint density at radius 2 is 2.03 bits per heavy atom. The lowest BCUT2D eigenvalue weighted by atomic mass is 10.2. The number of hydrogen-bond acceptors (Lipinski definition) is 5. The van der Waals surface area contributed by atoms with E-state index in [1.807, 2.05) is 0 Å². The number of halogens is 2. The molecule has 6 nitrogen and oxygen atoms in total. The van der Waals surface area contributed by atoms with Gasteiger partial charge in [0.2, 0.25) is 5.91 Å². The molecule has 0 radical (unpaired) electrons. The van der Waals surface area contributed by atoms with Crippen molar-refractivity contribution in [3.63, 3.8) is 0 Å². The second-order valence-electron chi connectivity index (χ2n) is 6.90. The molecule has 2 aromatic rings. The van der Waals surface area contributed by atoms with Gasteiger partial charge in [0.15, 0.2) is 0 Å². The predicted octanol–water partition coefficient (Wildman–Crippen LogP) is 3.29. The summed E-state index contributed by atoms with van der Waals surface area (Å²) in [5, 5.41) is 11.9. The molecule has 0 bridgehead atoms. The fourth-order valence-corrected chi connectivity index (χ4v) is 4.00. The number of ether oxygens (including phenoxy) is 1. The van der Waals surface area contributed by atoms with E-state index in [4.69, 9.17) is 21.4 Å². The van der Waals surface area contributed by atoms with E-state index in [-0.39, 0.29) is 28.4 Å². The maximum atomic E-state index is 13.3. The molecule has 1 aliphatic heterocycles. The van der Waals surface area contributed by atoms with E-state index in [0.717, 1.165) is 17.0 Å².